The van der Waals surface area contributed by atoms with Crippen LogP contribution in [0.25, 0.3) is 0 Å². The van der Waals surface area contributed by atoms with Gasteiger partial charge in [0.25, 0.3) is 0 Å². The van der Waals surface area contributed by atoms with Crippen molar-refractivity contribution in [3.63, 3.8) is 0 Å². The number of piperidine rings is 1. The molecule has 0 aromatic heterocycles. The van der Waals surface area contributed by atoms with Gasteiger partial charge in [0.15, 0.2) is 0 Å². The Kier molecular flexibility index (Phi) is 4.48. The third-order valence-corrected chi connectivity index (χ3v) is 3.52. The predicted molar refractivity (Wildman–Crippen MR) is 75.0 cm³/mol. The highest BCUT2D eigenvalue weighted by Gasteiger charge is 2.21. The van der Waals surface area contributed by atoms with Crippen LogP contribution in [-0.2, 0) is 4.79 Å². The lowest BCUT2D eigenvalue weighted by Gasteiger charge is -2.29. The summed E-state index contributed by atoms with van der Waals surface area (Å²) in [7, 11) is 0. The van der Waals surface area contributed by atoms with Crippen LogP contribution >= 0.6 is 11.6 Å². The first-order valence-corrected chi connectivity index (χ1v) is 6.85. The molecule has 2 rings (SSSR count). The topological polar surface area (TPSA) is 32.3 Å². The van der Waals surface area contributed by atoms with Crippen LogP contribution in [-0.4, -0.2) is 29.9 Å². The zero-order valence-electron chi connectivity index (χ0n) is 10.7. The number of rotatable bonds is 3. The molecule has 1 N–H and O–H groups in total. The zero-order chi connectivity index (χ0) is 13.0. The van der Waals surface area contributed by atoms with Gasteiger partial charge in [-0.25, -0.2) is 0 Å². The lowest BCUT2D eigenvalue weighted by Crippen LogP contribution is -2.43. The molecular formula is C14H19ClN2O. The number of amides is 1. The van der Waals surface area contributed by atoms with E-state index in [2.05, 4.69) is 5.32 Å². The van der Waals surface area contributed by atoms with Crippen molar-refractivity contribution in [2.45, 2.75) is 32.2 Å². The molecule has 0 bridgehead atoms. The Morgan fingerprint density at radius 2 is 1.83 bits per heavy atom. The van der Waals surface area contributed by atoms with Gasteiger partial charge < -0.3 is 10.2 Å². The molecule has 1 saturated heterocycles. The molecule has 1 unspecified atom stereocenters. The Morgan fingerprint density at radius 1 is 1.22 bits per heavy atom. The van der Waals surface area contributed by atoms with E-state index in [-0.39, 0.29) is 11.9 Å². The van der Waals surface area contributed by atoms with Crippen LogP contribution in [0.3, 0.4) is 0 Å². The van der Waals surface area contributed by atoms with Gasteiger partial charge >= 0.3 is 0 Å². The van der Waals surface area contributed by atoms with Gasteiger partial charge in [-0.05, 0) is 50.5 Å². The summed E-state index contributed by atoms with van der Waals surface area (Å²) in [6.07, 6.45) is 3.49. The number of carbonyl (C=O) groups is 1. The molecule has 3 nitrogen and oxygen atoms in total. The average Bonchev–Trinajstić information content (AvgIpc) is 2.41. The van der Waals surface area contributed by atoms with Gasteiger partial charge in [0.05, 0.1) is 0 Å². The number of carbonyl (C=O) groups excluding carboxylic acids is 1. The van der Waals surface area contributed by atoms with E-state index in [9.17, 15) is 4.79 Å². The van der Waals surface area contributed by atoms with E-state index in [0.717, 1.165) is 31.6 Å². The van der Waals surface area contributed by atoms with E-state index in [1.165, 1.54) is 6.42 Å². The lowest BCUT2D eigenvalue weighted by molar-refractivity contribution is -0.132. The molecule has 0 aliphatic carbocycles. The van der Waals surface area contributed by atoms with E-state index >= 15 is 0 Å². The summed E-state index contributed by atoms with van der Waals surface area (Å²) in [6, 6.07) is 7.23. The van der Waals surface area contributed by atoms with Gasteiger partial charge in [0, 0.05) is 23.8 Å². The predicted octanol–water partition coefficient (Wildman–Crippen LogP) is 3.15. The van der Waals surface area contributed by atoms with Gasteiger partial charge in [-0.3, -0.25) is 4.79 Å². The number of benzene rings is 1. The summed E-state index contributed by atoms with van der Waals surface area (Å²) >= 11 is 5.83. The summed E-state index contributed by atoms with van der Waals surface area (Å²) in [6.45, 7) is 3.70. The minimum atomic E-state index is -0.190. The second-order valence-corrected chi connectivity index (χ2v) is 5.20. The van der Waals surface area contributed by atoms with Crippen LogP contribution in [0.5, 0.6) is 0 Å². The summed E-state index contributed by atoms with van der Waals surface area (Å²) < 4.78 is 0. The van der Waals surface area contributed by atoms with Gasteiger partial charge in [-0.15, -0.1) is 0 Å². The molecule has 1 amide bonds. The molecule has 0 saturated carbocycles. The molecule has 0 radical (unpaired) electrons. The molecule has 18 heavy (non-hydrogen) atoms. The van der Waals surface area contributed by atoms with Crippen molar-refractivity contribution in [3.05, 3.63) is 29.3 Å². The Hall–Kier alpha value is -1.22. The van der Waals surface area contributed by atoms with Crippen LogP contribution in [0, 0.1) is 0 Å². The van der Waals surface area contributed by atoms with Crippen molar-refractivity contribution in [2.75, 3.05) is 18.4 Å². The van der Waals surface area contributed by atoms with Crippen molar-refractivity contribution in [3.8, 4) is 0 Å². The van der Waals surface area contributed by atoms with Crippen LogP contribution in [0.15, 0.2) is 24.3 Å². The zero-order valence-corrected chi connectivity index (χ0v) is 11.4. The number of anilines is 1. The van der Waals surface area contributed by atoms with Crippen molar-refractivity contribution >= 4 is 23.2 Å². The summed E-state index contributed by atoms with van der Waals surface area (Å²) in [5.41, 5.74) is 0.928. The molecule has 1 fully saturated rings. The van der Waals surface area contributed by atoms with E-state index in [1.54, 1.807) is 0 Å². The Balaban J connectivity index is 1.92. The van der Waals surface area contributed by atoms with Crippen LogP contribution in [0.2, 0.25) is 5.02 Å². The van der Waals surface area contributed by atoms with Gasteiger partial charge in [0.1, 0.15) is 6.04 Å². The number of nitrogens with zero attached hydrogens (tertiary/aromatic N) is 1. The fourth-order valence-corrected chi connectivity index (χ4v) is 2.37. The maximum absolute atomic E-state index is 12.2. The number of hydrogen-bond acceptors (Lipinski definition) is 2. The third kappa shape index (κ3) is 3.39. The van der Waals surface area contributed by atoms with Crippen LogP contribution in [0.1, 0.15) is 26.2 Å². The number of halogens is 1. The second-order valence-electron chi connectivity index (χ2n) is 4.76. The van der Waals surface area contributed by atoms with E-state index in [0.29, 0.717) is 5.02 Å². The van der Waals surface area contributed by atoms with E-state index in [1.807, 2.05) is 36.1 Å². The second kappa shape index (κ2) is 6.10. The van der Waals surface area contributed by atoms with Gasteiger partial charge in [0.2, 0.25) is 5.91 Å². The highest BCUT2D eigenvalue weighted by atomic mass is 35.5. The van der Waals surface area contributed by atoms with Crippen molar-refractivity contribution in [1.29, 1.82) is 0 Å². The summed E-state index contributed by atoms with van der Waals surface area (Å²) in [5, 5.41) is 3.92. The Bertz CT molecular complexity index is 399. The van der Waals surface area contributed by atoms with Crippen LogP contribution in [0.4, 0.5) is 5.69 Å². The smallest absolute Gasteiger partial charge is 0.244 e. The third-order valence-electron chi connectivity index (χ3n) is 3.27. The average molecular weight is 267 g/mol. The maximum atomic E-state index is 12.2. The minimum Gasteiger partial charge on any atom is -0.374 e. The molecule has 1 atom stereocenters. The molecule has 98 valence electrons. The minimum absolute atomic E-state index is 0.185. The SMILES string of the molecule is CC(Nc1ccc(Cl)cc1)C(=O)N1CCCCC1. The van der Waals surface area contributed by atoms with Crippen molar-refractivity contribution in [1.82, 2.24) is 4.90 Å². The summed E-state index contributed by atoms with van der Waals surface area (Å²) in [5.74, 6) is 0.185. The highest BCUT2D eigenvalue weighted by Crippen LogP contribution is 2.16. The number of likely N-dealkylation sites (tertiary alicyclic amines) is 1. The monoisotopic (exact) mass is 266 g/mol. The first-order chi connectivity index (χ1) is 8.66. The normalized spacial score (nSPS) is 17.3. The molecule has 1 heterocycles. The standard InChI is InChI=1S/C14H19ClN2O/c1-11(14(18)17-9-3-2-4-10-17)16-13-7-5-12(15)6-8-13/h5-8,11,16H,2-4,9-10H2,1H3. The fraction of sp³-hybridized carbons (Fsp3) is 0.500. The van der Waals surface area contributed by atoms with Crippen LogP contribution < -0.4 is 5.32 Å². The van der Waals surface area contributed by atoms with Crippen molar-refractivity contribution in [2.24, 2.45) is 0 Å². The maximum Gasteiger partial charge on any atom is 0.244 e. The van der Waals surface area contributed by atoms with Crippen molar-refractivity contribution < 1.29 is 4.79 Å². The Morgan fingerprint density at radius 3 is 2.44 bits per heavy atom. The number of hydrogen-bond donors (Lipinski definition) is 1. The lowest BCUT2D eigenvalue weighted by atomic mass is 10.1. The molecule has 1 aliphatic rings. The number of nitrogens with one attached hydrogen (secondary N) is 1. The molecular weight excluding hydrogens is 248 g/mol. The molecule has 1 aromatic rings. The molecule has 0 spiro atoms. The molecule has 4 heteroatoms. The fourth-order valence-electron chi connectivity index (χ4n) is 2.25. The molecule has 1 aliphatic heterocycles. The largest absolute Gasteiger partial charge is 0.374 e. The first kappa shape index (κ1) is 13.2. The van der Waals surface area contributed by atoms with Gasteiger partial charge in [-0.1, -0.05) is 11.6 Å². The van der Waals surface area contributed by atoms with E-state index in [4.69, 9.17) is 11.6 Å². The first-order valence-electron chi connectivity index (χ1n) is 6.48. The quantitative estimate of drug-likeness (QED) is 0.912. The molecule has 1 aromatic carbocycles. The Labute approximate surface area is 113 Å². The highest BCUT2D eigenvalue weighted by molar-refractivity contribution is 6.30. The summed E-state index contributed by atoms with van der Waals surface area (Å²) in [4.78, 5) is 14.2. The van der Waals surface area contributed by atoms with E-state index < -0.39 is 0 Å². The van der Waals surface area contributed by atoms with Gasteiger partial charge in [-0.2, -0.15) is 0 Å².